The summed E-state index contributed by atoms with van der Waals surface area (Å²) in [6, 6.07) is 9.63. The molecule has 0 aliphatic heterocycles. The molecule has 0 aliphatic rings. The zero-order valence-electron chi connectivity index (χ0n) is 10.6. The molecule has 0 saturated heterocycles. The molecular formula is C14H14BrNO2S. The molecule has 0 saturated carbocycles. The van der Waals surface area contributed by atoms with Gasteiger partial charge in [0.25, 0.3) is 5.91 Å². The van der Waals surface area contributed by atoms with E-state index in [2.05, 4.69) is 21.2 Å². The van der Waals surface area contributed by atoms with Gasteiger partial charge in [-0.25, -0.2) is 0 Å². The molecular weight excluding hydrogens is 326 g/mol. The molecule has 2 aromatic rings. The van der Waals surface area contributed by atoms with Crippen LogP contribution >= 0.6 is 27.3 Å². The smallest absolute Gasteiger partial charge is 0.265 e. The van der Waals surface area contributed by atoms with Gasteiger partial charge < -0.3 is 10.1 Å². The first-order chi connectivity index (χ1) is 9.11. The number of halogens is 1. The Morgan fingerprint density at radius 2 is 2.21 bits per heavy atom. The highest BCUT2D eigenvalue weighted by molar-refractivity contribution is 9.10. The van der Waals surface area contributed by atoms with Crippen LogP contribution in [-0.4, -0.2) is 13.0 Å². The summed E-state index contributed by atoms with van der Waals surface area (Å²) in [4.78, 5) is 12.8. The second-order valence-corrected chi connectivity index (χ2v) is 5.90. The Morgan fingerprint density at radius 3 is 2.89 bits per heavy atom. The lowest BCUT2D eigenvalue weighted by Crippen LogP contribution is -2.26. The van der Waals surface area contributed by atoms with E-state index < -0.39 is 0 Å². The lowest BCUT2D eigenvalue weighted by Gasteiger charge is -2.14. The van der Waals surface area contributed by atoms with Gasteiger partial charge in [-0.1, -0.05) is 28.1 Å². The van der Waals surface area contributed by atoms with E-state index in [0.29, 0.717) is 10.6 Å². The fourth-order valence-electron chi connectivity index (χ4n) is 1.75. The van der Waals surface area contributed by atoms with Gasteiger partial charge in [-0.05, 0) is 36.1 Å². The number of thiophene rings is 1. The number of benzene rings is 1. The predicted octanol–water partition coefficient (Wildman–Crippen LogP) is 4.01. The van der Waals surface area contributed by atoms with Gasteiger partial charge in [0.15, 0.2) is 0 Å². The van der Waals surface area contributed by atoms with Gasteiger partial charge in [-0.15, -0.1) is 11.3 Å². The molecule has 1 unspecified atom stereocenters. The zero-order valence-corrected chi connectivity index (χ0v) is 13.0. The van der Waals surface area contributed by atoms with Gasteiger partial charge in [0.05, 0.1) is 13.2 Å². The van der Waals surface area contributed by atoms with Crippen molar-refractivity contribution < 1.29 is 9.53 Å². The minimum absolute atomic E-state index is 0.0585. The summed E-state index contributed by atoms with van der Waals surface area (Å²) in [5.74, 6) is 0.503. The maximum absolute atomic E-state index is 12.2. The van der Waals surface area contributed by atoms with Crippen molar-refractivity contribution >= 4 is 33.2 Å². The maximum atomic E-state index is 12.2. The number of amides is 1. The second-order valence-electron chi connectivity index (χ2n) is 4.07. The first-order valence-corrected chi connectivity index (χ1v) is 7.47. The average Bonchev–Trinajstić information content (AvgIpc) is 2.87. The van der Waals surface area contributed by atoms with Crippen LogP contribution < -0.4 is 10.1 Å². The fraction of sp³-hybridized carbons (Fsp3) is 0.214. The largest absolute Gasteiger partial charge is 0.495 e. The van der Waals surface area contributed by atoms with Crippen LogP contribution in [0, 0.1) is 0 Å². The summed E-state index contributed by atoms with van der Waals surface area (Å²) in [5, 5.41) is 4.82. The van der Waals surface area contributed by atoms with E-state index in [-0.39, 0.29) is 11.9 Å². The van der Waals surface area contributed by atoms with Crippen molar-refractivity contribution in [3.05, 3.63) is 50.6 Å². The van der Waals surface area contributed by atoms with Crippen LogP contribution in [0.5, 0.6) is 5.75 Å². The molecule has 1 atom stereocenters. The Bertz CT molecular complexity index is 582. The Hall–Kier alpha value is -1.33. The van der Waals surface area contributed by atoms with Crippen molar-refractivity contribution in [1.82, 2.24) is 5.32 Å². The van der Waals surface area contributed by atoms with Crippen LogP contribution in [0.4, 0.5) is 0 Å². The Morgan fingerprint density at radius 1 is 1.42 bits per heavy atom. The summed E-state index contributed by atoms with van der Waals surface area (Å²) in [7, 11) is 1.57. The van der Waals surface area contributed by atoms with Crippen molar-refractivity contribution in [3.8, 4) is 5.75 Å². The third-order valence-corrected chi connectivity index (χ3v) is 4.14. The van der Waals surface area contributed by atoms with Crippen LogP contribution in [0.2, 0.25) is 0 Å². The normalized spacial score (nSPS) is 11.9. The van der Waals surface area contributed by atoms with Crippen molar-refractivity contribution in [2.45, 2.75) is 13.0 Å². The van der Waals surface area contributed by atoms with Gasteiger partial charge in [0.2, 0.25) is 0 Å². The van der Waals surface area contributed by atoms with Crippen LogP contribution in [-0.2, 0) is 0 Å². The number of nitrogens with one attached hydrogen (secondary N) is 1. The molecule has 0 radical (unpaired) electrons. The second kappa shape index (κ2) is 6.21. The highest BCUT2D eigenvalue weighted by Gasteiger charge is 2.16. The number of rotatable bonds is 4. The number of carbonyl (C=O) groups is 1. The first-order valence-electron chi connectivity index (χ1n) is 5.79. The summed E-state index contributed by atoms with van der Waals surface area (Å²) < 4.78 is 6.15. The minimum Gasteiger partial charge on any atom is -0.495 e. The van der Waals surface area contributed by atoms with Crippen LogP contribution in [0.15, 0.2) is 40.2 Å². The molecule has 1 aromatic carbocycles. The van der Waals surface area contributed by atoms with Gasteiger partial charge >= 0.3 is 0 Å². The third kappa shape index (κ3) is 3.36. The molecule has 1 N–H and O–H groups in total. The van der Waals surface area contributed by atoms with E-state index in [1.54, 1.807) is 13.2 Å². The Balaban J connectivity index is 2.11. The highest BCUT2D eigenvalue weighted by atomic mass is 79.9. The Kier molecular flexibility index (Phi) is 4.61. The fourth-order valence-corrected chi connectivity index (χ4v) is 2.92. The van der Waals surface area contributed by atoms with E-state index in [4.69, 9.17) is 4.74 Å². The topological polar surface area (TPSA) is 38.3 Å². The molecule has 19 heavy (non-hydrogen) atoms. The summed E-state index contributed by atoms with van der Waals surface area (Å²) in [5.41, 5.74) is 1.05. The molecule has 3 nitrogen and oxygen atoms in total. The SMILES string of the molecule is COc1ccsc1C(=O)NC(C)c1cccc(Br)c1. The molecule has 1 amide bonds. The maximum Gasteiger partial charge on any atom is 0.265 e. The van der Waals surface area contributed by atoms with Crippen LogP contribution in [0.1, 0.15) is 28.2 Å². The van der Waals surface area contributed by atoms with Crippen molar-refractivity contribution in [2.75, 3.05) is 7.11 Å². The van der Waals surface area contributed by atoms with Gasteiger partial charge in [0.1, 0.15) is 10.6 Å². The number of hydrogen-bond donors (Lipinski definition) is 1. The molecule has 1 heterocycles. The Labute approximate surface area is 124 Å². The predicted molar refractivity (Wildman–Crippen MR) is 80.9 cm³/mol. The molecule has 100 valence electrons. The van der Waals surface area contributed by atoms with Gasteiger partial charge in [0, 0.05) is 4.47 Å². The monoisotopic (exact) mass is 339 g/mol. The molecule has 0 spiro atoms. The number of carbonyl (C=O) groups excluding carboxylic acids is 1. The van der Waals surface area contributed by atoms with E-state index in [0.717, 1.165) is 10.0 Å². The summed E-state index contributed by atoms with van der Waals surface area (Å²) >= 11 is 4.80. The molecule has 5 heteroatoms. The third-order valence-electron chi connectivity index (χ3n) is 2.75. The lowest BCUT2D eigenvalue weighted by atomic mass is 10.1. The average molecular weight is 340 g/mol. The standard InChI is InChI=1S/C14H14BrNO2S/c1-9(10-4-3-5-11(15)8-10)16-14(17)13-12(18-2)6-7-19-13/h3-9H,1-2H3,(H,16,17). The van der Waals surface area contributed by atoms with E-state index in [1.165, 1.54) is 11.3 Å². The lowest BCUT2D eigenvalue weighted by molar-refractivity contribution is 0.0941. The zero-order chi connectivity index (χ0) is 13.8. The van der Waals surface area contributed by atoms with E-state index >= 15 is 0 Å². The number of methoxy groups -OCH3 is 1. The molecule has 0 fully saturated rings. The molecule has 0 aliphatic carbocycles. The van der Waals surface area contributed by atoms with Crippen molar-refractivity contribution in [2.24, 2.45) is 0 Å². The summed E-state index contributed by atoms with van der Waals surface area (Å²) in [6.07, 6.45) is 0. The van der Waals surface area contributed by atoms with Crippen LogP contribution in [0.3, 0.4) is 0 Å². The highest BCUT2D eigenvalue weighted by Crippen LogP contribution is 2.25. The van der Waals surface area contributed by atoms with Gasteiger partial charge in [-0.3, -0.25) is 4.79 Å². The quantitative estimate of drug-likeness (QED) is 0.913. The number of ether oxygens (including phenoxy) is 1. The summed E-state index contributed by atoms with van der Waals surface area (Å²) in [6.45, 7) is 1.96. The number of hydrogen-bond acceptors (Lipinski definition) is 3. The van der Waals surface area contributed by atoms with Crippen molar-refractivity contribution in [3.63, 3.8) is 0 Å². The van der Waals surface area contributed by atoms with Gasteiger partial charge in [-0.2, -0.15) is 0 Å². The first kappa shape index (κ1) is 14.1. The van der Waals surface area contributed by atoms with Crippen molar-refractivity contribution in [1.29, 1.82) is 0 Å². The van der Waals surface area contributed by atoms with Crippen LogP contribution in [0.25, 0.3) is 0 Å². The minimum atomic E-state index is -0.112. The molecule has 2 rings (SSSR count). The van der Waals surface area contributed by atoms with E-state index in [9.17, 15) is 4.79 Å². The molecule has 1 aromatic heterocycles. The van der Waals surface area contributed by atoms with E-state index in [1.807, 2.05) is 36.6 Å². The molecule has 0 bridgehead atoms.